The average molecular weight is 757 g/mol. The number of esters is 2. The van der Waals surface area contributed by atoms with Gasteiger partial charge >= 0.3 is 11.9 Å². The first-order valence-electron chi connectivity index (χ1n) is 15.7. The van der Waals surface area contributed by atoms with Crippen molar-refractivity contribution in [3.05, 3.63) is 142 Å². The molecule has 0 aliphatic carbocycles. The van der Waals surface area contributed by atoms with Crippen LogP contribution >= 0.6 is 22.6 Å². The van der Waals surface area contributed by atoms with Gasteiger partial charge in [0.1, 0.15) is 42.4 Å². The number of benzene rings is 4. The van der Waals surface area contributed by atoms with Gasteiger partial charge in [-0.3, -0.25) is 19.3 Å². The largest absolute Gasteiger partial charge is 0.491 e. The Morgan fingerprint density at radius 3 is 2.35 bits per heavy atom. The smallest absolute Gasteiger partial charge is 0.325 e. The van der Waals surface area contributed by atoms with Gasteiger partial charge in [0.2, 0.25) is 5.91 Å². The number of ether oxygens (including phenoxy) is 3. The fourth-order valence-corrected chi connectivity index (χ4v) is 8.22. The molecule has 9 nitrogen and oxygen atoms in total. The monoisotopic (exact) mass is 756 g/mol. The molecule has 244 valence electrons. The average Bonchev–Trinajstić information content (AvgIpc) is 3.59. The van der Waals surface area contributed by atoms with Gasteiger partial charge in [-0.1, -0.05) is 91.5 Å². The van der Waals surface area contributed by atoms with Crippen molar-refractivity contribution in [1.82, 2.24) is 4.90 Å². The van der Waals surface area contributed by atoms with Crippen molar-refractivity contribution in [3.63, 3.8) is 0 Å². The zero-order valence-corrected chi connectivity index (χ0v) is 28.0. The number of rotatable bonds is 9. The zero-order chi connectivity index (χ0) is 33.4. The number of fused-ring (bicyclic) bond motifs is 3. The molecule has 3 heterocycles. The van der Waals surface area contributed by atoms with Crippen molar-refractivity contribution in [3.8, 4) is 5.75 Å². The molecule has 0 radical (unpaired) electrons. The predicted octanol–water partition coefficient (Wildman–Crippen LogP) is 5.66. The van der Waals surface area contributed by atoms with Crippen molar-refractivity contribution in [1.29, 1.82) is 0 Å². The summed E-state index contributed by atoms with van der Waals surface area (Å²) in [5, 5.41) is 12.8. The van der Waals surface area contributed by atoms with Crippen LogP contribution in [0.1, 0.15) is 40.4 Å². The second kappa shape index (κ2) is 13.2. The van der Waals surface area contributed by atoms with Crippen LogP contribution in [0.4, 0.5) is 5.69 Å². The maximum Gasteiger partial charge on any atom is 0.325 e. The van der Waals surface area contributed by atoms with E-state index in [-0.39, 0.29) is 19.8 Å². The number of carbonyl (C=O) groups excluding carboxylic acids is 3. The molecular weight excluding hydrogens is 723 g/mol. The molecule has 4 aromatic rings. The molecule has 6 atom stereocenters. The van der Waals surface area contributed by atoms with Crippen molar-refractivity contribution >= 4 is 46.1 Å². The minimum Gasteiger partial charge on any atom is -0.491 e. The van der Waals surface area contributed by atoms with Gasteiger partial charge in [0.25, 0.3) is 0 Å². The molecule has 1 spiro atoms. The van der Waals surface area contributed by atoms with Crippen molar-refractivity contribution in [2.24, 2.45) is 5.92 Å². The number of halogens is 1. The molecule has 3 aliphatic heterocycles. The Morgan fingerprint density at radius 1 is 0.958 bits per heavy atom. The summed E-state index contributed by atoms with van der Waals surface area (Å²) in [5.74, 6) is -2.69. The molecule has 10 heteroatoms. The number of aliphatic hydroxyl groups is 1. The molecule has 0 aromatic heterocycles. The van der Waals surface area contributed by atoms with Crippen LogP contribution in [0.5, 0.6) is 5.75 Å². The van der Waals surface area contributed by atoms with E-state index in [1.165, 1.54) is 6.08 Å². The Morgan fingerprint density at radius 2 is 1.65 bits per heavy atom. The molecule has 1 amide bonds. The van der Waals surface area contributed by atoms with E-state index in [2.05, 4.69) is 34.5 Å². The highest BCUT2D eigenvalue weighted by atomic mass is 127. The third-order valence-corrected chi connectivity index (χ3v) is 10.1. The highest BCUT2D eigenvalue weighted by molar-refractivity contribution is 14.1. The van der Waals surface area contributed by atoms with E-state index in [4.69, 9.17) is 14.2 Å². The molecule has 2 N–H and O–H groups in total. The number of nitrogens with one attached hydrogen (secondary N) is 1. The van der Waals surface area contributed by atoms with Gasteiger partial charge in [-0.15, -0.1) is 0 Å². The van der Waals surface area contributed by atoms with Gasteiger partial charge in [0, 0.05) is 14.8 Å². The first-order chi connectivity index (χ1) is 23.4. The fraction of sp³-hybridized carbons (Fsp3) is 0.237. The van der Waals surface area contributed by atoms with Gasteiger partial charge in [0.15, 0.2) is 0 Å². The second-order valence-electron chi connectivity index (χ2n) is 11.9. The highest BCUT2D eigenvalue weighted by Crippen LogP contribution is 2.65. The summed E-state index contributed by atoms with van der Waals surface area (Å²) in [6, 6.07) is 29.2. The summed E-state index contributed by atoms with van der Waals surface area (Å²) in [4.78, 5) is 46.0. The number of para-hydroxylation sites is 1. The lowest BCUT2D eigenvalue weighted by Gasteiger charge is -2.46. The number of aliphatic hydroxyl groups excluding tert-OH is 1. The Labute approximate surface area is 291 Å². The van der Waals surface area contributed by atoms with Crippen LogP contribution < -0.4 is 10.1 Å². The van der Waals surface area contributed by atoms with Gasteiger partial charge in [-0.05, 0) is 63.5 Å². The lowest BCUT2D eigenvalue weighted by atomic mass is 9.65. The van der Waals surface area contributed by atoms with E-state index < -0.39 is 53.4 Å². The third kappa shape index (κ3) is 5.10. The number of nitrogens with zero attached hydrogens (tertiary/aromatic N) is 1. The van der Waals surface area contributed by atoms with E-state index in [0.717, 1.165) is 14.7 Å². The third-order valence-electron chi connectivity index (χ3n) is 9.43. The number of morpholine rings is 1. The highest BCUT2D eigenvalue weighted by Gasteiger charge is 2.74. The summed E-state index contributed by atoms with van der Waals surface area (Å²) >= 11 is 2.19. The quantitative estimate of drug-likeness (QED) is 0.128. The molecule has 0 saturated carbocycles. The molecule has 0 unspecified atom stereocenters. The van der Waals surface area contributed by atoms with E-state index in [1.54, 1.807) is 6.07 Å². The Kier molecular flexibility index (Phi) is 8.80. The van der Waals surface area contributed by atoms with Crippen molar-refractivity contribution in [2.45, 2.75) is 29.6 Å². The topological polar surface area (TPSA) is 114 Å². The van der Waals surface area contributed by atoms with E-state index in [9.17, 15) is 19.5 Å². The van der Waals surface area contributed by atoms with Gasteiger partial charge in [0.05, 0.1) is 18.7 Å². The number of amides is 1. The van der Waals surface area contributed by atoms with Crippen LogP contribution in [0.15, 0.2) is 116 Å². The SMILES string of the molecule is C=CCOC(=O)[C@@H]1[C@H]2C(=O)O[C@H](c3ccccc3)[C@H](c3ccccc3)N2[C@H](c2ccccc2OCCO)[C@@]12C(=O)Nc1ccc(I)cc12. The first-order valence-corrected chi connectivity index (χ1v) is 16.8. The number of hydrogen-bond acceptors (Lipinski definition) is 8. The minimum atomic E-state index is -1.66. The summed E-state index contributed by atoms with van der Waals surface area (Å²) < 4.78 is 19.1. The zero-order valence-electron chi connectivity index (χ0n) is 25.8. The van der Waals surface area contributed by atoms with Gasteiger partial charge < -0.3 is 24.6 Å². The normalized spacial score (nSPS) is 25.9. The first kappa shape index (κ1) is 32.0. The lowest BCUT2D eigenvalue weighted by molar-refractivity contribution is -0.180. The predicted molar refractivity (Wildman–Crippen MR) is 186 cm³/mol. The molecule has 7 rings (SSSR count). The molecule has 2 saturated heterocycles. The van der Waals surface area contributed by atoms with Crippen molar-refractivity contribution in [2.75, 3.05) is 25.1 Å². The van der Waals surface area contributed by atoms with Crippen LogP contribution in [0, 0.1) is 9.49 Å². The van der Waals surface area contributed by atoms with Crippen molar-refractivity contribution < 1.29 is 33.7 Å². The van der Waals surface area contributed by atoms with Crippen LogP contribution in [0.2, 0.25) is 0 Å². The molecular formula is C38H33IN2O7. The van der Waals surface area contributed by atoms with Crippen LogP contribution in [-0.4, -0.2) is 53.7 Å². The number of anilines is 1. The number of hydrogen-bond donors (Lipinski definition) is 2. The maximum absolute atomic E-state index is 14.9. The summed E-state index contributed by atoms with van der Waals surface area (Å²) in [5.41, 5.74) is 1.64. The molecule has 48 heavy (non-hydrogen) atoms. The standard InChI is InChI=1S/C38H33IN2O7/c1-2-20-47-35(43)30-32-36(44)48-33(24-13-7-4-8-14-24)31(23-11-5-3-6-12-23)41(32)34(26-15-9-10-16-29(26)46-21-19-42)38(30)27-22-25(39)17-18-28(27)40-37(38)45/h2-18,22,30-34,42H,1,19-21H2,(H,40,45)/t30-,31-,32-,33+,34+,38-/m0/s1. The molecule has 2 fully saturated rings. The van der Waals surface area contributed by atoms with E-state index >= 15 is 0 Å². The van der Waals surface area contributed by atoms with E-state index in [1.807, 2.05) is 102 Å². The number of carbonyl (C=O) groups is 3. The van der Waals surface area contributed by atoms with Crippen LogP contribution in [0.3, 0.4) is 0 Å². The Bertz CT molecular complexity index is 1870. The second-order valence-corrected chi connectivity index (χ2v) is 13.2. The van der Waals surface area contributed by atoms with E-state index in [0.29, 0.717) is 22.6 Å². The molecule has 4 aromatic carbocycles. The summed E-state index contributed by atoms with van der Waals surface area (Å²) in [6.07, 6.45) is 0.667. The van der Waals surface area contributed by atoms with Gasteiger partial charge in [-0.25, -0.2) is 0 Å². The summed E-state index contributed by atoms with van der Waals surface area (Å²) in [6.45, 7) is 3.37. The Balaban J connectivity index is 1.58. The maximum atomic E-state index is 14.9. The Hall–Kier alpha value is -4.52. The lowest BCUT2D eigenvalue weighted by Crippen LogP contribution is -2.52. The van der Waals surface area contributed by atoms with Crippen LogP contribution in [0.25, 0.3) is 0 Å². The minimum absolute atomic E-state index is 0.00243. The van der Waals surface area contributed by atoms with Crippen LogP contribution in [-0.2, 0) is 29.3 Å². The summed E-state index contributed by atoms with van der Waals surface area (Å²) in [7, 11) is 0. The number of cyclic esters (lactones) is 1. The fourth-order valence-electron chi connectivity index (χ4n) is 7.73. The molecule has 3 aliphatic rings. The molecule has 0 bridgehead atoms. The van der Waals surface area contributed by atoms with Gasteiger partial charge in [-0.2, -0.15) is 0 Å².